The minimum absolute atomic E-state index is 0.0883. The van der Waals surface area contributed by atoms with Crippen molar-refractivity contribution in [2.75, 3.05) is 5.73 Å². The number of carbonyl (C=O) groups excluding carboxylic acids is 2. The summed E-state index contributed by atoms with van der Waals surface area (Å²) in [6, 6.07) is 3.20. The third kappa shape index (κ3) is 4.00. The van der Waals surface area contributed by atoms with Gasteiger partial charge in [-0.25, -0.2) is 28.3 Å². The fraction of sp³-hybridized carbons (Fsp3) is 0.263. The van der Waals surface area contributed by atoms with Crippen LogP contribution in [0.5, 0.6) is 0 Å². The summed E-state index contributed by atoms with van der Waals surface area (Å²) in [5, 5.41) is 11.9. The number of likely N-dealkylation sites (tertiary alicyclic amines) is 1. The van der Waals surface area contributed by atoms with Gasteiger partial charge in [-0.2, -0.15) is 0 Å². The zero-order chi connectivity index (χ0) is 21.3. The normalized spacial score (nSPS) is 19.4. The van der Waals surface area contributed by atoms with E-state index in [-0.39, 0.29) is 17.8 Å². The average Bonchev–Trinajstić information content (AvgIpc) is 2.65. The van der Waals surface area contributed by atoms with E-state index in [2.05, 4.69) is 10.3 Å². The standard InChI is InChI=1S/C19H18F2N4O4/c1-9(11-2-3-13(20)14(21)8-11)24-19(29)25-16(18(27)28)12(17(25)26)6-10-4-5-23-15(22)7-10/h2-5,7-9,12,16H,6H2,1H3,(H2,22,23)(H,24,29)(H,27,28). The van der Waals surface area contributed by atoms with Gasteiger partial charge >= 0.3 is 12.0 Å². The average molecular weight is 404 g/mol. The number of rotatable bonds is 5. The Morgan fingerprint density at radius 1 is 1.28 bits per heavy atom. The van der Waals surface area contributed by atoms with Gasteiger partial charge < -0.3 is 16.2 Å². The van der Waals surface area contributed by atoms with Crippen molar-refractivity contribution in [1.29, 1.82) is 0 Å². The summed E-state index contributed by atoms with van der Waals surface area (Å²) in [7, 11) is 0. The predicted molar refractivity (Wildman–Crippen MR) is 97.4 cm³/mol. The van der Waals surface area contributed by atoms with E-state index >= 15 is 0 Å². The van der Waals surface area contributed by atoms with E-state index in [1.54, 1.807) is 6.07 Å². The molecule has 1 aliphatic rings. The molecule has 0 bridgehead atoms. The van der Waals surface area contributed by atoms with Gasteiger partial charge in [-0.15, -0.1) is 0 Å². The Morgan fingerprint density at radius 3 is 2.62 bits per heavy atom. The lowest BCUT2D eigenvalue weighted by Crippen LogP contribution is -2.68. The number of amides is 3. The molecule has 3 atom stereocenters. The number of carbonyl (C=O) groups is 3. The molecule has 2 heterocycles. The fourth-order valence-electron chi connectivity index (χ4n) is 3.25. The number of halogens is 2. The first kappa shape index (κ1) is 20.2. The molecule has 0 spiro atoms. The van der Waals surface area contributed by atoms with Crippen molar-refractivity contribution in [3.05, 3.63) is 59.3 Å². The highest BCUT2D eigenvalue weighted by Gasteiger charge is 2.54. The number of carboxylic acids is 1. The topological polar surface area (TPSA) is 126 Å². The summed E-state index contributed by atoms with van der Waals surface area (Å²) in [6.45, 7) is 1.50. The number of benzene rings is 1. The van der Waals surface area contributed by atoms with Gasteiger partial charge in [0.15, 0.2) is 17.7 Å². The first-order chi connectivity index (χ1) is 13.7. The monoisotopic (exact) mass is 404 g/mol. The molecule has 3 amide bonds. The van der Waals surface area contributed by atoms with Crippen molar-refractivity contribution in [3.63, 3.8) is 0 Å². The third-order valence-corrected chi connectivity index (χ3v) is 4.77. The third-order valence-electron chi connectivity index (χ3n) is 4.77. The zero-order valence-corrected chi connectivity index (χ0v) is 15.3. The fourth-order valence-corrected chi connectivity index (χ4v) is 3.25. The molecule has 1 saturated heterocycles. The van der Waals surface area contributed by atoms with Crippen LogP contribution in [0.15, 0.2) is 36.5 Å². The highest BCUT2D eigenvalue weighted by molar-refractivity contribution is 6.07. The number of anilines is 1. The number of β-lactam (4-membered cyclic amide) rings is 1. The highest BCUT2D eigenvalue weighted by atomic mass is 19.2. The molecule has 8 nitrogen and oxygen atoms in total. The van der Waals surface area contributed by atoms with Crippen LogP contribution in [-0.4, -0.2) is 38.9 Å². The van der Waals surface area contributed by atoms with Crippen LogP contribution >= 0.6 is 0 Å². The van der Waals surface area contributed by atoms with Crippen molar-refractivity contribution in [3.8, 4) is 0 Å². The lowest BCUT2D eigenvalue weighted by Gasteiger charge is -2.43. The number of hydrogen-bond donors (Lipinski definition) is 3. The van der Waals surface area contributed by atoms with Gasteiger partial charge in [0, 0.05) is 6.20 Å². The molecule has 3 rings (SSSR count). The number of aliphatic carboxylic acids is 1. The molecule has 0 aliphatic carbocycles. The summed E-state index contributed by atoms with van der Waals surface area (Å²) < 4.78 is 26.4. The van der Waals surface area contributed by atoms with E-state index < -0.39 is 47.5 Å². The smallest absolute Gasteiger partial charge is 0.327 e. The van der Waals surface area contributed by atoms with Crippen LogP contribution < -0.4 is 11.1 Å². The van der Waals surface area contributed by atoms with Gasteiger partial charge in [0.1, 0.15) is 5.82 Å². The Bertz CT molecular complexity index is 984. The Balaban J connectivity index is 1.72. The molecule has 29 heavy (non-hydrogen) atoms. The quantitative estimate of drug-likeness (QED) is 0.653. The SMILES string of the molecule is CC(NC(=O)N1C(=O)C(Cc2ccnc(N)c2)C1C(=O)O)c1ccc(F)c(F)c1. The number of urea groups is 1. The number of nitrogens with zero attached hydrogens (tertiary/aromatic N) is 2. The van der Waals surface area contributed by atoms with Crippen molar-refractivity contribution in [2.24, 2.45) is 5.92 Å². The molecule has 10 heteroatoms. The van der Waals surface area contributed by atoms with Gasteiger partial charge in [-0.05, 0) is 48.7 Å². The van der Waals surface area contributed by atoms with Crippen LogP contribution in [0.4, 0.5) is 19.4 Å². The number of nitrogens with one attached hydrogen (secondary N) is 1. The highest BCUT2D eigenvalue weighted by Crippen LogP contribution is 2.31. The van der Waals surface area contributed by atoms with Crippen LogP contribution in [0.25, 0.3) is 0 Å². The number of nitrogen functional groups attached to an aromatic ring is 1. The molecule has 152 valence electrons. The second kappa shape index (κ2) is 7.82. The Hall–Kier alpha value is -3.56. The lowest BCUT2D eigenvalue weighted by molar-refractivity contribution is -0.165. The van der Waals surface area contributed by atoms with Crippen molar-refractivity contribution < 1.29 is 28.3 Å². The van der Waals surface area contributed by atoms with Gasteiger partial charge in [0.2, 0.25) is 5.91 Å². The molecule has 4 N–H and O–H groups in total. The van der Waals surface area contributed by atoms with E-state index in [1.165, 1.54) is 25.3 Å². The van der Waals surface area contributed by atoms with Crippen LogP contribution in [0.1, 0.15) is 24.1 Å². The number of nitrogens with two attached hydrogens (primary N) is 1. The van der Waals surface area contributed by atoms with Crippen molar-refractivity contribution >= 4 is 23.7 Å². The molecule has 2 aromatic rings. The minimum atomic E-state index is -1.35. The van der Waals surface area contributed by atoms with Crippen LogP contribution in [0, 0.1) is 17.6 Å². The Labute approximate surface area is 164 Å². The maximum atomic E-state index is 13.4. The van der Waals surface area contributed by atoms with E-state index in [0.717, 1.165) is 12.1 Å². The van der Waals surface area contributed by atoms with Gasteiger partial charge in [0.25, 0.3) is 0 Å². The molecular weight excluding hydrogens is 386 g/mol. The maximum Gasteiger partial charge on any atom is 0.327 e. The lowest BCUT2D eigenvalue weighted by atomic mass is 9.82. The van der Waals surface area contributed by atoms with Crippen LogP contribution in [0.2, 0.25) is 0 Å². The van der Waals surface area contributed by atoms with Crippen LogP contribution in [-0.2, 0) is 16.0 Å². The molecule has 0 radical (unpaired) electrons. The summed E-state index contributed by atoms with van der Waals surface area (Å²) in [4.78, 5) is 41.0. The summed E-state index contributed by atoms with van der Waals surface area (Å²) >= 11 is 0. The van der Waals surface area contributed by atoms with Crippen molar-refractivity contribution in [1.82, 2.24) is 15.2 Å². The maximum absolute atomic E-state index is 13.4. The second-order valence-corrected chi connectivity index (χ2v) is 6.74. The van der Waals surface area contributed by atoms with E-state index in [1.807, 2.05) is 0 Å². The van der Waals surface area contributed by atoms with Crippen molar-refractivity contribution in [2.45, 2.75) is 25.4 Å². The molecule has 1 aliphatic heterocycles. The first-order valence-corrected chi connectivity index (χ1v) is 8.70. The van der Waals surface area contributed by atoms with Gasteiger partial charge in [-0.1, -0.05) is 6.07 Å². The molecule has 0 saturated carbocycles. The van der Waals surface area contributed by atoms with E-state index in [9.17, 15) is 28.3 Å². The van der Waals surface area contributed by atoms with Gasteiger partial charge in [0.05, 0.1) is 12.0 Å². The molecule has 1 fully saturated rings. The predicted octanol–water partition coefficient (Wildman–Crippen LogP) is 1.87. The minimum Gasteiger partial charge on any atom is -0.480 e. The van der Waals surface area contributed by atoms with Gasteiger partial charge in [-0.3, -0.25) is 4.79 Å². The number of pyridine rings is 1. The second-order valence-electron chi connectivity index (χ2n) is 6.74. The number of aromatic nitrogens is 1. The molecule has 3 unspecified atom stereocenters. The van der Waals surface area contributed by atoms with Crippen LogP contribution in [0.3, 0.4) is 0 Å². The summed E-state index contributed by atoms with van der Waals surface area (Å²) in [5.74, 6) is -4.79. The Kier molecular flexibility index (Phi) is 5.44. The number of imide groups is 1. The first-order valence-electron chi connectivity index (χ1n) is 8.70. The Morgan fingerprint density at radius 2 is 2.00 bits per heavy atom. The molecule has 1 aromatic heterocycles. The molecular formula is C19H18F2N4O4. The number of hydrogen-bond acceptors (Lipinski definition) is 5. The van der Waals surface area contributed by atoms with E-state index in [4.69, 9.17) is 5.73 Å². The van der Waals surface area contributed by atoms with E-state index in [0.29, 0.717) is 10.5 Å². The largest absolute Gasteiger partial charge is 0.480 e. The number of carboxylic acid groups (broad SMARTS) is 1. The summed E-state index contributed by atoms with van der Waals surface area (Å²) in [6.07, 6.45) is 1.53. The zero-order valence-electron chi connectivity index (χ0n) is 15.3. The molecule has 1 aromatic carbocycles. The summed E-state index contributed by atoms with van der Waals surface area (Å²) in [5.41, 5.74) is 6.48.